The highest BCUT2D eigenvalue weighted by Crippen LogP contribution is 2.18. The zero-order valence-corrected chi connectivity index (χ0v) is 13.1. The Hall–Kier alpha value is -2.00. The van der Waals surface area contributed by atoms with E-state index in [4.69, 9.17) is 4.52 Å². The third-order valence-corrected chi connectivity index (χ3v) is 4.43. The quantitative estimate of drug-likeness (QED) is 0.864. The van der Waals surface area contributed by atoms with E-state index in [2.05, 4.69) is 19.8 Å². The predicted molar refractivity (Wildman–Crippen MR) is 76.4 cm³/mol. The first-order valence-electron chi connectivity index (χ1n) is 6.23. The molecule has 0 fully saturated rings. The first-order chi connectivity index (χ1) is 9.81. The van der Waals surface area contributed by atoms with Crippen LogP contribution in [-0.2, 0) is 16.6 Å². The zero-order chi connectivity index (χ0) is 15.6. The maximum Gasteiger partial charge on any atom is 0.246 e. The van der Waals surface area contributed by atoms with Gasteiger partial charge >= 0.3 is 0 Å². The molecule has 2 heterocycles. The van der Waals surface area contributed by atoms with Crippen LogP contribution < -0.4 is 9.62 Å². The van der Waals surface area contributed by atoms with Crippen LogP contribution in [0.3, 0.4) is 0 Å². The van der Waals surface area contributed by atoms with Gasteiger partial charge in [-0.25, -0.2) is 23.1 Å². The lowest BCUT2D eigenvalue weighted by Gasteiger charge is -2.11. The standard InChI is InChI=1S/C12H17N5O3S/c1-8-11(9(2)20-16-8)21(18,19)14-7-10-5-6-13-12(15-10)17(3)4/h5-6,14H,7H2,1-4H3. The van der Waals surface area contributed by atoms with E-state index in [1.807, 2.05) is 14.1 Å². The molecule has 0 spiro atoms. The summed E-state index contributed by atoms with van der Waals surface area (Å²) in [6, 6.07) is 1.66. The second-order valence-corrected chi connectivity index (χ2v) is 6.42. The SMILES string of the molecule is Cc1noc(C)c1S(=O)(=O)NCc1ccnc(N(C)C)n1. The van der Waals surface area contributed by atoms with Crippen molar-refractivity contribution < 1.29 is 12.9 Å². The van der Waals surface area contributed by atoms with Crippen molar-refractivity contribution >= 4 is 16.0 Å². The molecule has 0 amide bonds. The minimum absolute atomic E-state index is 0.0652. The van der Waals surface area contributed by atoms with Crippen LogP contribution in [0.4, 0.5) is 5.95 Å². The number of nitrogens with zero attached hydrogens (tertiary/aromatic N) is 4. The average molecular weight is 311 g/mol. The normalized spacial score (nSPS) is 11.6. The molecule has 0 aliphatic rings. The number of sulfonamides is 1. The van der Waals surface area contributed by atoms with Gasteiger partial charge in [0, 0.05) is 20.3 Å². The van der Waals surface area contributed by atoms with Crippen LogP contribution in [-0.4, -0.2) is 37.6 Å². The molecule has 0 radical (unpaired) electrons. The molecule has 2 aromatic rings. The van der Waals surface area contributed by atoms with Crippen LogP contribution in [0.15, 0.2) is 21.7 Å². The van der Waals surface area contributed by atoms with Crippen molar-refractivity contribution in [1.82, 2.24) is 19.8 Å². The number of hydrogen-bond acceptors (Lipinski definition) is 7. The lowest BCUT2D eigenvalue weighted by molar-refractivity contribution is 0.390. The highest BCUT2D eigenvalue weighted by atomic mass is 32.2. The van der Waals surface area contributed by atoms with E-state index in [0.717, 1.165) is 0 Å². The molecule has 0 saturated heterocycles. The number of aromatic nitrogens is 3. The van der Waals surface area contributed by atoms with Crippen molar-refractivity contribution in [3.8, 4) is 0 Å². The largest absolute Gasteiger partial charge is 0.360 e. The summed E-state index contributed by atoms with van der Waals surface area (Å²) in [6.45, 7) is 3.21. The summed E-state index contributed by atoms with van der Waals surface area (Å²) in [5, 5.41) is 3.65. The molecule has 0 unspecified atom stereocenters. The summed E-state index contributed by atoms with van der Waals surface area (Å²) in [5.74, 6) is 0.778. The first-order valence-corrected chi connectivity index (χ1v) is 7.71. The molecule has 0 bridgehead atoms. The van der Waals surface area contributed by atoms with Gasteiger partial charge in [0.1, 0.15) is 10.6 Å². The Balaban J connectivity index is 2.18. The molecule has 21 heavy (non-hydrogen) atoms. The second kappa shape index (κ2) is 5.78. The summed E-state index contributed by atoms with van der Waals surface area (Å²) >= 11 is 0. The molecule has 0 atom stereocenters. The van der Waals surface area contributed by atoms with Crippen molar-refractivity contribution in [2.24, 2.45) is 0 Å². The molecule has 0 aromatic carbocycles. The predicted octanol–water partition coefficient (Wildman–Crippen LogP) is 0.626. The number of aryl methyl sites for hydroxylation is 2. The Labute approximate surface area is 123 Å². The van der Waals surface area contributed by atoms with Gasteiger partial charge in [0.15, 0.2) is 5.76 Å². The van der Waals surface area contributed by atoms with Crippen LogP contribution in [0.2, 0.25) is 0 Å². The van der Waals surface area contributed by atoms with E-state index >= 15 is 0 Å². The smallest absolute Gasteiger partial charge is 0.246 e. The second-order valence-electron chi connectivity index (χ2n) is 4.72. The van der Waals surface area contributed by atoms with Gasteiger partial charge in [0.2, 0.25) is 16.0 Å². The van der Waals surface area contributed by atoms with Crippen molar-refractivity contribution in [3.05, 3.63) is 29.4 Å². The summed E-state index contributed by atoms with van der Waals surface area (Å²) in [7, 11) is -0.0646. The number of nitrogens with one attached hydrogen (secondary N) is 1. The number of anilines is 1. The number of hydrogen-bond donors (Lipinski definition) is 1. The van der Waals surface area contributed by atoms with Crippen molar-refractivity contribution in [2.75, 3.05) is 19.0 Å². The molecule has 0 aliphatic carbocycles. The fourth-order valence-electron chi connectivity index (χ4n) is 1.80. The fourth-order valence-corrected chi connectivity index (χ4v) is 3.12. The van der Waals surface area contributed by atoms with Crippen LogP contribution in [0.25, 0.3) is 0 Å². The average Bonchev–Trinajstić information content (AvgIpc) is 2.77. The molecule has 1 N–H and O–H groups in total. The van der Waals surface area contributed by atoms with Gasteiger partial charge in [-0.2, -0.15) is 0 Å². The lowest BCUT2D eigenvalue weighted by Crippen LogP contribution is -2.25. The highest BCUT2D eigenvalue weighted by molar-refractivity contribution is 7.89. The Kier molecular flexibility index (Phi) is 4.24. The van der Waals surface area contributed by atoms with Crippen LogP contribution in [0, 0.1) is 13.8 Å². The summed E-state index contributed by atoms with van der Waals surface area (Å²) in [4.78, 5) is 10.1. The van der Waals surface area contributed by atoms with E-state index in [-0.39, 0.29) is 17.2 Å². The van der Waals surface area contributed by atoms with Gasteiger partial charge in [0.05, 0.1) is 12.2 Å². The van der Waals surface area contributed by atoms with Crippen molar-refractivity contribution in [1.29, 1.82) is 0 Å². The molecule has 0 aliphatic heterocycles. The molecule has 2 aromatic heterocycles. The summed E-state index contributed by atoms with van der Waals surface area (Å²) in [6.07, 6.45) is 1.59. The topological polar surface area (TPSA) is 101 Å². The van der Waals surface area contributed by atoms with E-state index in [1.54, 1.807) is 31.0 Å². The van der Waals surface area contributed by atoms with Gasteiger partial charge < -0.3 is 9.42 Å². The summed E-state index contributed by atoms with van der Waals surface area (Å²) in [5.41, 5.74) is 0.903. The lowest BCUT2D eigenvalue weighted by atomic mass is 10.4. The number of rotatable bonds is 5. The van der Waals surface area contributed by atoms with Crippen molar-refractivity contribution in [3.63, 3.8) is 0 Å². The maximum atomic E-state index is 12.3. The third-order valence-electron chi connectivity index (χ3n) is 2.78. The Morgan fingerprint density at radius 3 is 2.62 bits per heavy atom. The highest BCUT2D eigenvalue weighted by Gasteiger charge is 2.23. The molecule has 2 rings (SSSR count). The molecular formula is C12H17N5O3S. The van der Waals surface area contributed by atoms with Crippen molar-refractivity contribution in [2.45, 2.75) is 25.3 Å². The molecule has 9 heteroatoms. The van der Waals surface area contributed by atoms with E-state index < -0.39 is 10.0 Å². The Morgan fingerprint density at radius 2 is 2.05 bits per heavy atom. The van der Waals surface area contributed by atoms with E-state index in [9.17, 15) is 8.42 Å². The van der Waals surface area contributed by atoms with E-state index in [1.165, 1.54) is 0 Å². The van der Waals surface area contributed by atoms with Crippen LogP contribution >= 0.6 is 0 Å². The maximum absolute atomic E-state index is 12.3. The van der Waals surface area contributed by atoms with Crippen LogP contribution in [0.1, 0.15) is 17.1 Å². The monoisotopic (exact) mass is 311 g/mol. The first kappa shape index (κ1) is 15.4. The Bertz CT molecular complexity index is 720. The van der Waals surface area contributed by atoms with E-state index in [0.29, 0.717) is 17.3 Å². The van der Waals surface area contributed by atoms with Gasteiger partial charge in [-0.15, -0.1) is 0 Å². The molecular weight excluding hydrogens is 294 g/mol. The van der Waals surface area contributed by atoms with Crippen LogP contribution in [0.5, 0.6) is 0 Å². The summed E-state index contributed by atoms with van der Waals surface area (Å²) < 4.78 is 31.9. The molecule has 8 nitrogen and oxygen atoms in total. The van der Waals surface area contributed by atoms with Gasteiger partial charge in [-0.05, 0) is 19.9 Å². The molecule has 114 valence electrons. The zero-order valence-electron chi connectivity index (χ0n) is 12.3. The minimum atomic E-state index is -3.69. The Morgan fingerprint density at radius 1 is 1.33 bits per heavy atom. The van der Waals surface area contributed by atoms with Gasteiger partial charge in [-0.1, -0.05) is 5.16 Å². The molecule has 0 saturated carbocycles. The minimum Gasteiger partial charge on any atom is -0.360 e. The third kappa shape index (κ3) is 3.37. The fraction of sp³-hybridized carbons (Fsp3) is 0.417. The van der Waals surface area contributed by atoms with Gasteiger partial charge in [0.25, 0.3) is 0 Å². The van der Waals surface area contributed by atoms with Gasteiger partial charge in [-0.3, -0.25) is 0 Å².